The molecule has 0 aliphatic carbocycles. The van der Waals surface area contributed by atoms with E-state index < -0.39 is 0 Å². The van der Waals surface area contributed by atoms with Gasteiger partial charge in [0.25, 0.3) is 0 Å². The Hall–Kier alpha value is -0.450. The number of aromatic nitrogens is 1. The van der Waals surface area contributed by atoms with E-state index in [0.29, 0.717) is 5.92 Å². The van der Waals surface area contributed by atoms with Gasteiger partial charge in [-0.3, -0.25) is 0 Å². The van der Waals surface area contributed by atoms with Gasteiger partial charge in [-0.1, -0.05) is 13.8 Å². The second-order valence-corrected chi connectivity index (χ2v) is 5.08. The fourth-order valence-electron chi connectivity index (χ4n) is 1.23. The van der Waals surface area contributed by atoms with E-state index >= 15 is 0 Å². The molecule has 2 N–H and O–H groups in total. The zero-order valence-electron chi connectivity index (χ0n) is 8.95. The summed E-state index contributed by atoms with van der Waals surface area (Å²) in [5.74, 6) is 0.453. The lowest BCUT2D eigenvalue weighted by Gasteiger charge is -2.19. The first-order valence-corrected chi connectivity index (χ1v) is 5.70. The molecule has 0 radical (unpaired) electrons. The van der Waals surface area contributed by atoms with Gasteiger partial charge in [-0.25, -0.2) is 4.98 Å². The van der Waals surface area contributed by atoms with Crippen molar-refractivity contribution in [3.63, 3.8) is 0 Å². The summed E-state index contributed by atoms with van der Waals surface area (Å²) in [5, 5.41) is 13.5. The second-order valence-electron chi connectivity index (χ2n) is 3.76. The molecule has 0 aromatic carbocycles. The van der Waals surface area contributed by atoms with Crippen molar-refractivity contribution < 1.29 is 5.11 Å². The lowest BCUT2D eigenvalue weighted by Crippen LogP contribution is -2.36. The molecular weight excluding hydrogens is 196 g/mol. The number of nitrogens with one attached hydrogen (secondary N) is 1. The number of nitrogens with zero attached hydrogens (tertiary/aromatic N) is 1. The molecule has 0 saturated heterocycles. The van der Waals surface area contributed by atoms with Crippen LogP contribution in [0.2, 0.25) is 0 Å². The van der Waals surface area contributed by atoms with Crippen LogP contribution in [0, 0.1) is 12.8 Å². The van der Waals surface area contributed by atoms with Crippen molar-refractivity contribution in [3.8, 4) is 0 Å². The van der Waals surface area contributed by atoms with Gasteiger partial charge in [0.15, 0.2) is 0 Å². The predicted octanol–water partition coefficient (Wildman–Crippen LogP) is 1.56. The van der Waals surface area contributed by atoms with Crippen molar-refractivity contribution in [1.29, 1.82) is 0 Å². The van der Waals surface area contributed by atoms with Crippen LogP contribution in [0.5, 0.6) is 0 Å². The van der Waals surface area contributed by atoms with Crippen LogP contribution in [0.3, 0.4) is 0 Å². The van der Waals surface area contributed by atoms with Gasteiger partial charge in [0, 0.05) is 23.7 Å². The molecular formula is C10H18N2OS. The molecule has 80 valence electrons. The third kappa shape index (κ3) is 3.36. The van der Waals surface area contributed by atoms with E-state index in [1.165, 1.54) is 4.88 Å². The Labute approximate surface area is 89.2 Å². The zero-order chi connectivity index (χ0) is 10.6. The molecule has 0 spiro atoms. The smallest absolute Gasteiger partial charge is 0.0897 e. The summed E-state index contributed by atoms with van der Waals surface area (Å²) in [6.45, 7) is 7.20. The van der Waals surface area contributed by atoms with E-state index in [2.05, 4.69) is 24.1 Å². The maximum absolute atomic E-state index is 9.10. The number of thiazole rings is 1. The van der Waals surface area contributed by atoms with E-state index in [9.17, 15) is 0 Å². The standard InChI is InChI=1S/C10H18N2OS/c1-7(2)10(6-13)12-5-9-4-11-8(3)14-9/h4,7,10,12-13H,5-6H2,1-3H3. The number of aryl methyl sites for hydroxylation is 1. The highest BCUT2D eigenvalue weighted by molar-refractivity contribution is 7.11. The van der Waals surface area contributed by atoms with Gasteiger partial charge in [0.1, 0.15) is 0 Å². The Balaban J connectivity index is 2.39. The van der Waals surface area contributed by atoms with Crippen molar-refractivity contribution in [2.45, 2.75) is 33.4 Å². The van der Waals surface area contributed by atoms with Gasteiger partial charge < -0.3 is 10.4 Å². The van der Waals surface area contributed by atoms with Crippen LogP contribution < -0.4 is 5.32 Å². The van der Waals surface area contributed by atoms with Crippen LogP contribution in [0.1, 0.15) is 23.7 Å². The molecule has 4 heteroatoms. The summed E-state index contributed by atoms with van der Waals surface area (Å²) < 4.78 is 0. The Morgan fingerprint density at radius 1 is 1.57 bits per heavy atom. The normalized spacial score (nSPS) is 13.5. The number of hydrogen-bond donors (Lipinski definition) is 2. The van der Waals surface area contributed by atoms with E-state index in [-0.39, 0.29) is 12.6 Å². The molecule has 0 bridgehead atoms. The quantitative estimate of drug-likeness (QED) is 0.782. The molecule has 1 atom stereocenters. The maximum atomic E-state index is 9.10. The highest BCUT2D eigenvalue weighted by atomic mass is 32.1. The van der Waals surface area contributed by atoms with Crippen molar-refractivity contribution in [2.75, 3.05) is 6.61 Å². The molecule has 1 unspecified atom stereocenters. The summed E-state index contributed by atoms with van der Waals surface area (Å²) >= 11 is 1.70. The molecule has 0 aliphatic heterocycles. The number of rotatable bonds is 5. The second kappa shape index (κ2) is 5.44. The topological polar surface area (TPSA) is 45.2 Å². The Kier molecular flexibility index (Phi) is 4.51. The molecule has 0 aliphatic rings. The lowest BCUT2D eigenvalue weighted by molar-refractivity contribution is 0.210. The van der Waals surface area contributed by atoms with Crippen LogP contribution in [0.15, 0.2) is 6.20 Å². The summed E-state index contributed by atoms with van der Waals surface area (Å²) in [6.07, 6.45) is 1.89. The SMILES string of the molecule is Cc1ncc(CNC(CO)C(C)C)s1. The van der Waals surface area contributed by atoms with Crippen molar-refractivity contribution in [1.82, 2.24) is 10.3 Å². The first-order chi connectivity index (χ1) is 6.63. The minimum Gasteiger partial charge on any atom is -0.395 e. The van der Waals surface area contributed by atoms with Gasteiger partial charge in [-0.05, 0) is 12.8 Å². The van der Waals surface area contributed by atoms with Crippen molar-refractivity contribution >= 4 is 11.3 Å². The minimum atomic E-state index is 0.178. The fraction of sp³-hybridized carbons (Fsp3) is 0.700. The van der Waals surface area contributed by atoms with E-state index in [1.807, 2.05) is 13.1 Å². The predicted molar refractivity (Wildman–Crippen MR) is 59.4 cm³/mol. The summed E-state index contributed by atoms with van der Waals surface area (Å²) in [7, 11) is 0. The average molecular weight is 214 g/mol. The molecule has 0 amide bonds. The summed E-state index contributed by atoms with van der Waals surface area (Å²) in [6, 6.07) is 0.178. The molecule has 1 aromatic rings. The van der Waals surface area contributed by atoms with Crippen LogP contribution in [0.4, 0.5) is 0 Å². The summed E-state index contributed by atoms with van der Waals surface area (Å²) in [4.78, 5) is 5.40. The first kappa shape index (κ1) is 11.6. The van der Waals surface area contributed by atoms with E-state index in [0.717, 1.165) is 11.6 Å². The molecule has 0 fully saturated rings. The van der Waals surface area contributed by atoms with E-state index in [4.69, 9.17) is 5.11 Å². The van der Waals surface area contributed by atoms with Gasteiger partial charge in [0.05, 0.1) is 11.6 Å². The van der Waals surface area contributed by atoms with Crippen LogP contribution in [0.25, 0.3) is 0 Å². The van der Waals surface area contributed by atoms with E-state index in [1.54, 1.807) is 11.3 Å². The molecule has 1 heterocycles. The Morgan fingerprint density at radius 2 is 2.29 bits per heavy atom. The average Bonchev–Trinajstić information content (AvgIpc) is 2.52. The van der Waals surface area contributed by atoms with Gasteiger partial charge >= 0.3 is 0 Å². The molecule has 0 saturated carbocycles. The van der Waals surface area contributed by atoms with Crippen molar-refractivity contribution in [3.05, 3.63) is 16.1 Å². The first-order valence-electron chi connectivity index (χ1n) is 4.89. The van der Waals surface area contributed by atoms with Gasteiger partial charge in [-0.2, -0.15) is 0 Å². The Morgan fingerprint density at radius 3 is 2.71 bits per heavy atom. The lowest BCUT2D eigenvalue weighted by atomic mass is 10.1. The Bertz CT molecular complexity index is 273. The number of aliphatic hydroxyl groups excluding tert-OH is 1. The molecule has 1 rings (SSSR count). The molecule has 3 nitrogen and oxygen atoms in total. The highest BCUT2D eigenvalue weighted by Gasteiger charge is 2.11. The molecule has 14 heavy (non-hydrogen) atoms. The molecule has 1 aromatic heterocycles. The largest absolute Gasteiger partial charge is 0.395 e. The minimum absolute atomic E-state index is 0.178. The monoisotopic (exact) mass is 214 g/mol. The third-order valence-corrected chi connectivity index (χ3v) is 3.12. The van der Waals surface area contributed by atoms with Crippen molar-refractivity contribution in [2.24, 2.45) is 5.92 Å². The fourth-order valence-corrected chi connectivity index (χ4v) is 1.98. The van der Waals surface area contributed by atoms with Gasteiger partial charge in [0.2, 0.25) is 0 Å². The third-order valence-electron chi connectivity index (χ3n) is 2.21. The highest BCUT2D eigenvalue weighted by Crippen LogP contribution is 2.11. The van der Waals surface area contributed by atoms with Crippen LogP contribution in [-0.4, -0.2) is 22.7 Å². The maximum Gasteiger partial charge on any atom is 0.0897 e. The summed E-state index contributed by atoms with van der Waals surface area (Å²) in [5.41, 5.74) is 0. The number of hydrogen-bond acceptors (Lipinski definition) is 4. The number of aliphatic hydroxyl groups is 1. The van der Waals surface area contributed by atoms with Crippen LogP contribution >= 0.6 is 11.3 Å². The van der Waals surface area contributed by atoms with Crippen LogP contribution in [-0.2, 0) is 6.54 Å². The zero-order valence-corrected chi connectivity index (χ0v) is 9.77. The van der Waals surface area contributed by atoms with Gasteiger partial charge in [-0.15, -0.1) is 11.3 Å².